The second-order valence-corrected chi connectivity index (χ2v) is 6.66. The minimum Gasteiger partial charge on any atom is -0.492 e. The molecule has 0 aromatic heterocycles. The van der Waals surface area contributed by atoms with Crippen LogP contribution in [0.3, 0.4) is 0 Å². The number of hydrogen-bond acceptors (Lipinski definition) is 5. The summed E-state index contributed by atoms with van der Waals surface area (Å²) >= 11 is 0. The van der Waals surface area contributed by atoms with Gasteiger partial charge in [-0.15, -0.1) is 0 Å². The normalized spacial score (nSPS) is 12.4. The van der Waals surface area contributed by atoms with E-state index in [1.807, 2.05) is 0 Å². The summed E-state index contributed by atoms with van der Waals surface area (Å²) in [7, 11) is -2.19. The minimum atomic E-state index is -3.71. The zero-order valence-corrected chi connectivity index (χ0v) is 13.1. The summed E-state index contributed by atoms with van der Waals surface area (Å²) in [5, 5.41) is 0. The lowest BCUT2D eigenvalue weighted by Crippen LogP contribution is -2.39. The van der Waals surface area contributed by atoms with Gasteiger partial charge in [0.15, 0.2) is 0 Å². The average molecular weight is 302 g/mol. The van der Waals surface area contributed by atoms with Crippen LogP contribution in [0.4, 0.5) is 5.69 Å². The van der Waals surface area contributed by atoms with Crippen molar-refractivity contribution in [2.24, 2.45) is 0 Å². The molecule has 0 unspecified atom stereocenters. The Morgan fingerprint density at radius 2 is 2.00 bits per heavy atom. The van der Waals surface area contributed by atoms with Crippen LogP contribution in [0.1, 0.15) is 20.8 Å². The van der Waals surface area contributed by atoms with E-state index in [0.717, 1.165) is 0 Å². The van der Waals surface area contributed by atoms with E-state index in [1.165, 1.54) is 13.2 Å². The molecule has 3 N–H and O–H groups in total. The highest BCUT2D eigenvalue weighted by molar-refractivity contribution is 7.89. The molecule has 6 nitrogen and oxygen atoms in total. The molecule has 0 heterocycles. The van der Waals surface area contributed by atoms with E-state index in [0.29, 0.717) is 12.3 Å². The first kappa shape index (κ1) is 16.7. The van der Waals surface area contributed by atoms with E-state index < -0.39 is 15.6 Å². The van der Waals surface area contributed by atoms with Crippen molar-refractivity contribution in [3.63, 3.8) is 0 Å². The standard InChI is InChI=1S/C13H22N2O4S/c1-5-19-11-7-6-10(14)8-12(11)20(16,17)15-9-13(2,3)18-4/h6-8,15H,5,9,14H2,1-4H3. The quantitative estimate of drug-likeness (QED) is 0.742. The third-order valence-corrected chi connectivity index (χ3v) is 4.22. The van der Waals surface area contributed by atoms with Gasteiger partial charge >= 0.3 is 0 Å². The summed E-state index contributed by atoms with van der Waals surface area (Å²) in [5.41, 5.74) is 5.42. The molecule has 0 bridgehead atoms. The Bertz CT molecular complexity index is 555. The number of methoxy groups -OCH3 is 1. The number of benzene rings is 1. The highest BCUT2D eigenvalue weighted by Crippen LogP contribution is 2.26. The molecule has 0 amide bonds. The van der Waals surface area contributed by atoms with Crippen molar-refractivity contribution < 1.29 is 17.9 Å². The van der Waals surface area contributed by atoms with Crippen molar-refractivity contribution in [1.29, 1.82) is 0 Å². The van der Waals surface area contributed by atoms with Gasteiger partial charge < -0.3 is 15.2 Å². The number of hydrogen-bond donors (Lipinski definition) is 2. The van der Waals surface area contributed by atoms with Gasteiger partial charge in [-0.25, -0.2) is 13.1 Å². The van der Waals surface area contributed by atoms with Gasteiger partial charge in [0.25, 0.3) is 0 Å². The van der Waals surface area contributed by atoms with Crippen molar-refractivity contribution >= 4 is 15.7 Å². The molecule has 1 rings (SSSR count). The fourth-order valence-electron chi connectivity index (χ4n) is 1.43. The summed E-state index contributed by atoms with van der Waals surface area (Å²) in [6.07, 6.45) is 0. The third-order valence-electron chi connectivity index (χ3n) is 2.80. The van der Waals surface area contributed by atoms with Gasteiger partial charge in [-0.2, -0.15) is 0 Å². The first-order chi connectivity index (χ1) is 9.22. The van der Waals surface area contributed by atoms with Gasteiger partial charge in [-0.3, -0.25) is 0 Å². The van der Waals surface area contributed by atoms with Crippen molar-refractivity contribution in [2.45, 2.75) is 31.3 Å². The Labute approximate surface area is 120 Å². The lowest BCUT2D eigenvalue weighted by atomic mass is 10.1. The molecule has 1 aromatic carbocycles. The van der Waals surface area contributed by atoms with Crippen LogP contribution < -0.4 is 15.2 Å². The summed E-state index contributed by atoms with van der Waals surface area (Å²) in [6, 6.07) is 4.53. The zero-order chi connectivity index (χ0) is 15.4. The molecule has 0 aliphatic rings. The average Bonchev–Trinajstić information content (AvgIpc) is 2.39. The van der Waals surface area contributed by atoms with Crippen LogP contribution in [0, 0.1) is 0 Å². The molecule has 114 valence electrons. The lowest BCUT2D eigenvalue weighted by Gasteiger charge is -2.23. The van der Waals surface area contributed by atoms with Crippen molar-refractivity contribution in [2.75, 3.05) is 26.0 Å². The summed E-state index contributed by atoms with van der Waals surface area (Å²) in [6.45, 7) is 5.88. The fraction of sp³-hybridized carbons (Fsp3) is 0.538. The largest absolute Gasteiger partial charge is 0.492 e. The van der Waals surface area contributed by atoms with Gasteiger partial charge in [0.05, 0.1) is 12.2 Å². The van der Waals surface area contributed by atoms with Crippen molar-refractivity contribution in [1.82, 2.24) is 4.72 Å². The highest BCUT2D eigenvalue weighted by Gasteiger charge is 2.24. The predicted octanol–water partition coefficient (Wildman–Crippen LogP) is 1.37. The summed E-state index contributed by atoms with van der Waals surface area (Å²) in [4.78, 5) is 0.0336. The fourth-order valence-corrected chi connectivity index (χ4v) is 2.80. The number of ether oxygens (including phenoxy) is 2. The molecule has 0 saturated heterocycles. The van der Waals surface area contributed by atoms with Gasteiger partial charge in [-0.1, -0.05) is 0 Å². The monoisotopic (exact) mass is 302 g/mol. The van der Waals surface area contributed by atoms with Crippen molar-refractivity contribution in [3.05, 3.63) is 18.2 Å². The van der Waals surface area contributed by atoms with E-state index in [9.17, 15) is 8.42 Å². The Morgan fingerprint density at radius 3 is 2.55 bits per heavy atom. The van der Waals surface area contributed by atoms with Crippen LogP contribution in [-0.4, -0.2) is 34.3 Å². The molecule has 1 aromatic rings. The Kier molecular flexibility index (Phi) is 5.38. The Balaban J connectivity index is 3.05. The van der Waals surface area contributed by atoms with Gasteiger partial charge in [0.1, 0.15) is 10.6 Å². The van der Waals surface area contributed by atoms with E-state index >= 15 is 0 Å². The summed E-state index contributed by atoms with van der Waals surface area (Å²) < 4.78 is 37.7. The molecule has 0 radical (unpaired) electrons. The molecule has 0 fully saturated rings. The van der Waals surface area contributed by atoms with Crippen LogP contribution in [0.25, 0.3) is 0 Å². The predicted molar refractivity (Wildman–Crippen MR) is 78.3 cm³/mol. The third kappa shape index (κ3) is 4.36. The molecule has 0 saturated carbocycles. The van der Waals surface area contributed by atoms with Crippen LogP contribution >= 0.6 is 0 Å². The number of nitrogens with one attached hydrogen (secondary N) is 1. The van der Waals surface area contributed by atoms with Crippen molar-refractivity contribution in [3.8, 4) is 5.75 Å². The molecule has 0 atom stereocenters. The van der Waals surface area contributed by atoms with E-state index in [2.05, 4.69) is 4.72 Å². The Hall–Kier alpha value is -1.31. The smallest absolute Gasteiger partial charge is 0.244 e. The van der Waals surface area contributed by atoms with Gasteiger partial charge in [-0.05, 0) is 39.0 Å². The topological polar surface area (TPSA) is 90.7 Å². The summed E-state index contributed by atoms with van der Waals surface area (Å²) in [5.74, 6) is 0.282. The minimum absolute atomic E-state index is 0.0336. The lowest BCUT2D eigenvalue weighted by molar-refractivity contribution is 0.0276. The van der Waals surface area contributed by atoms with E-state index in [-0.39, 0.29) is 17.2 Å². The maximum Gasteiger partial charge on any atom is 0.244 e. The van der Waals surface area contributed by atoms with Crippen LogP contribution in [0.2, 0.25) is 0 Å². The number of rotatable bonds is 7. The van der Waals surface area contributed by atoms with Crippen LogP contribution in [0.15, 0.2) is 23.1 Å². The molecule has 0 aliphatic heterocycles. The molecule has 0 aliphatic carbocycles. The number of nitrogen functional groups attached to an aromatic ring is 1. The number of anilines is 1. The van der Waals surface area contributed by atoms with Gasteiger partial charge in [0, 0.05) is 19.3 Å². The Morgan fingerprint density at radius 1 is 1.35 bits per heavy atom. The maximum atomic E-state index is 12.3. The molecular weight excluding hydrogens is 280 g/mol. The SMILES string of the molecule is CCOc1ccc(N)cc1S(=O)(=O)NCC(C)(C)OC. The number of sulfonamides is 1. The molecule has 0 spiro atoms. The number of nitrogens with two attached hydrogens (primary N) is 1. The second kappa shape index (κ2) is 6.43. The molecule has 7 heteroatoms. The van der Waals surface area contributed by atoms with E-state index in [4.69, 9.17) is 15.2 Å². The first-order valence-electron chi connectivity index (χ1n) is 6.29. The van der Waals surface area contributed by atoms with E-state index in [1.54, 1.807) is 32.9 Å². The zero-order valence-electron chi connectivity index (χ0n) is 12.3. The molecular formula is C13H22N2O4S. The van der Waals surface area contributed by atoms with Gasteiger partial charge in [0.2, 0.25) is 10.0 Å². The highest BCUT2D eigenvalue weighted by atomic mass is 32.2. The maximum absolute atomic E-state index is 12.3. The van der Waals surface area contributed by atoms with Crippen LogP contribution in [-0.2, 0) is 14.8 Å². The molecule has 20 heavy (non-hydrogen) atoms. The van der Waals surface area contributed by atoms with Crippen LogP contribution in [0.5, 0.6) is 5.75 Å². The second-order valence-electron chi connectivity index (χ2n) is 4.93. The first-order valence-corrected chi connectivity index (χ1v) is 7.77.